The van der Waals surface area contributed by atoms with Crippen LogP contribution in [0.2, 0.25) is 0 Å². The molecule has 2 saturated heterocycles. The number of hydrogen-bond acceptors (Lipinski definition) is 3. The zero-order chi connectivity index (χ0) is 13.5. The topological polar surface area (TPSA) is 36.3 Å². The zero-order valence-corrected chi connectivity index (χ0v) is 12.4. The molecular weight excluding hydrogens is 264 g/mol. The lowest BCUT2D eigenvalue weighted by Crippen LogP contribution is -2.41. The Hall–Kier alpha value is -0.580. The number of alkyl halides is 1. The molecule has 2 unspecified atom stereocenters. The monoisotopic (exact) mass is 284 g/mol. The van der Waals surface area contributed by atoms with Gasteiger partial charge in [-0.2, -0.15) is 5.10 Å². The maximum Gasteiger partial charge on any atom is 0.0957 e. The van der Waals surface area contributed by atoms with Gasteiger partial charge in [0.25, 0.3) is 0 Å². The average Bonchev–Trinajstić information content (AvgIpc) is 2.95. The summed E-state index contributed by atoms with van der Waals surface area (Å²) in [7, 11) is 0. The molecule has 2 aliphatic rings. The van der Waals surface area contributed by atoms with Gasteiger partial charge in [-0.15, -0.1) is 11.6 Å². The number of aromatic nitrogens is 2. The van der Waals surface area contributed by atoms with E-state index in [2.05, 4.69) is 11.6 Å². The Morgan fingerprint density at radius 2 is 2.26 bits per heavy atom. The maximum absolute atomic E-state index is 6.01. The molecule has 1 aromatic rings. The van der Waals surface area contributed by atoms with Gasteiger partial charge in [-0.1, -0.05) is 0 Å². The third-order valence-corrected chi connectivity index (χ3v) is 4.76. The Kier molecular flexibility index (Phi) is 3.58. The van der Waals surface area contributed by atoms with Crippen LogP contribution in [0.15, 0.2) is 0 Å². The van der Waals surface area contributed by atoms with Gasteiger partial charge in [0.2, 0.25) is 0 Å². The smallest absolute Gasteiger partial charge is 0.0957 e. The van der Waals surface area contributed by atoms with Gasteiger partial charge in [0.05, 0.1) is 29.8 Å². The summed E-state index contributed by atoms with van der Waals surface area (Å²) in [5.74, 6) is 0.537. The number of aryl methyl sites for hydroxylation is 1. The minimum atomic E-state index is -0.0731. The predicted octanol–water partition coefficient (Wildman–Crippen LogP) is 2.75. The number of nitrogens with zero attached hydrogens (tertiary/aromatic N) is 2. The number of hydrogen-bond donors (Lipinski definition) is 0. The highest BCUT2D eigenvalue weighted by Gasteiger charge is 2.42. The quantitative estimate of drug-likeness (QED) is 0.784. The Labute approximate surface area is 119 Å². The lowest BCUT2D eigenvalue weighted by atomic mass is 9.89. The Balaban J connectivity index is 1.85. The molecule has 2 fully saturated rings. The van der Waals surface area contributed by atoms with Gasteiger partial charge >= 0.3 is 0 Å². The van der Waals surface area contributed by atoms with E-state index in [9.17, 15) is 0 Å². The van der Waals surface area contributed by atoms with Crippen molar-refractivity contribution in [1.29, 1.82) is 0 Å². The van der Waals surface area contributed by atoms with Crippen LogP contribution in [0.3, 0.4) is 0 Å². The van der Waals surface area contributed by atoms with Crippen molar-refractivity contribution in [3.05, 3.63) is 17.0 Å². The lowest BCUT2D eigenvalue weighted by Gasteiger charge is -2.37. The molecule has 3 rings (SSSR count). The van der Waals surface area contributed by atoms with E-state index in [0.717, 1.165) is 44.8 Å². The van der Waals surface area contributed by atoms with Gasteiger partial charge in [-0.3, -0.25) is 4.68 Å². The first-order valence-corrected chi connectivity index (χ1v) is 7.51. The number of ether oxygens (including phenoxy) is 2. The van der Waals surface area contributed by atoms with Crippen LogP contribution in [0, 0.1) is 13.8 Å². The molecule has 5 heteroatoms. The molecule has 1 spiro atoms. The second-order valence-electron chi connectivity index (χ2n) is 5.71. The summed E-state index contributed by atoms with van der Waals surface area (Å²) in [5.41, 5.74) is 3.35. The summed E-state index contributed by atoms with van der Waals surface area (Å²) in [6, 6.07) is 0.408. The average molecular weight is 285 g/mol. The highest BCUT2D eigenvalue weighted by Crippen LogP contribution is 2.38. The molecule has 19 heavy (non-hydrogen) atoms. The van der Waals surface area contributed by atoms with E-state index in [1.807, 2.05) is 6.92 Å². The maximum atomic E-state index is 6.01. The highest BCUT2D eigenvalue weighted by atomic mass is 35.5. The van der Waals surface area contributed by atoms with E-state index < -0.39 is 0 Å². The van der Waals surface area contributed by atoms with Crippen LogP contribution >= 0.6 is 11.6 Å². The van der Waals surface area contributed by atoms with Gasteiger partial charge in [0.1, 0.15) is 0 Å². The fourth-order valence-electron chi connectivity index (χ4n) is 3.32. The van der Waals surface area contributed by atoms with Crippen molar-refractivity contribution in [2.45, 2.75) is 50.6 Å². The molecule has 0 aromatic carbocycles. The Bertz CT molecular complexity index is 466. The largest absolute Gasteiger partial charge is 0.378 e. The molecule has 1 aromatic heterocycles. The van der Waals surface area contributed by atoms with E-state index in [0.29, 0.717) is 11.9 Å². The van der Waals surface area contributed by atoms with Gasteiger partial charge < -0.3 is 9.47 Å². The minimum absolute atomic E-state index is 0.0731. The van der Waals surface area contributed by atoms with Crippen molar-refractivity contribution < 1.29 is 9.47 Å². The normalized spacial score (nSPS) is 31.2. The van der Waals surface area contributed by atoms with Gasteiger partial charge in [0, 0.05) is 37.3 Å². The molecule has 2 atom stereocenters. The van der Waals surface area contributed by atoms with Crippen molar-refractivity contribution in [3.63, 3.8) is 0 Å². The summed E-state index contributed by atoms with van der Waals surface area (Å²) < 4.78 is 13.7. The molecule has 0 radical (unpaired) electrons. The molecule has 0 saturated carbocycles. The molecule has 4 nitrogen and oxygen atoms in total. The van der Waals surface area contributed by atoms with Crippen molar-refractivity contribution in [2.24, 2.45) is 0 Å². The van der Waals surface area contributed by atoms with E-state index in [-0.39, 0.29) is 5.60 Å². The molecule has 0 N–H and O–H groups in total. The van der Waals surface area contributed by atoms with Crippen LogP contribution in [0.5, 0.6) is 0 Å². The van der Waals surface area contributed by atoms with Crippen molar-refractivity contribution in [2.75, 3.05) is 19.8 Å². The lowest BCUT2D eigenvalue weighted by molar-refractivity contribution is -0.0965. The van der Waals surface area contributed by atoms with Gasteiger partial charge in [-0.25, -0.2) is 0 Å². The molecule has 0 aliphatic carbocycles. The first-order chi connectivity index (χ1) is 9.15. The molecule has 106 valence electrons. The first-order valence-electron chi connectivity index (χ1n) is 6.97. The second-order valence-corrected chi connectivity index (χ2v) is 5.98. The van der Waals surface area contributed by atoms with Crippen LogP contribution < -0.4 is 0 Å². The van der Waals surface area contributed by atoms with Crippen LogP contribution in [0.1, 0.15) is 42.3 Å². The van der Waals surface area contributed by atoms with Crippen LogP contribution in [0.25, 0.3) is 0 Å². The van der Waals surface area contributed by atoms with Crippen molar-refractivity contribution in [3.8, 4) is 0 Å². The van der Waals surface area contributed by atoms with Crippen molar-refractivity contribution in [1.82, 2.24) is 9.78 Å². The third-order valence-electron chi connectivity index (χ3n) is 4.49. The molecular formula is C14H21ClN2O2. The predicted molar refractivity (Wildman–Crippen MR) is 73.6 cm³/mol. The first kappa shape index (κ1) is 13.4. The number of rotatable bonds is 2. The van der Waals surface area contributed by atoms with E-state index in [1.54, 1.807) is 0 Å². The highest BCUT2D eigenvalue weighted by molar-refractivity contribution is 6.17. The fraction of sp³-hybridized carbons (Fsp3) is 0.786. The molecule has 0 bridgehead atoms. The minimum Gasteiger partial charge on any atom is -0.378 e. The molecule has 2 aliphatic heterocycles. The Morgan fingerprint density at radius 3 is 2.89 bits per heavy atom. The summed E-state index contributed by atoms with van der Waals surface area (Å²) >= 11 is 6.01. The summed E-state index contributed by atoms with van der Waals surface area (Å²) in [6.45, 7) is 6.49. The third kappa shape index (κ3) is 2.30. The van der Waals surface area contributed by atoms with Crippen LogP contribution in [0.4, 0.5) is 0 Å². The Morgan fingerprint density at radius 1 is 1.42 bits per heavy atom. The zero-order valence-electron chi connectivity index (χ0n) is 11.6. The summed E-state index contributed by atoms with van der Waals surface area (Å²) in [6.07, 6.45) is 3.02. The molecule has 0 amide bonds. The summed E-state index contributed by atoms with van der Waals surface area (Å²) in [5, 5.41) is 4.70. The van der Waals surface area contributed by atoms with Crippen molar-refractivity contribution >= 4 is 11.6 Å². The van der Waals surface area contributed by atoms with Crippen LogP contribution in [-0.4, -0.2) is 35.2 Å². The van der Waals surface area contributed by atoms with Crippen LogP contribution in [-0.2, 0) is 15.4 Å². The molecule has 3 heterocycles. The number of halogens is 1. The van der Waals surface area contributed by atoms with E-state index in [1.165, 1.54) is 11.3 Å². The van der Waals surface area contributed by atoms with Gasteiger partial charge in [0.15, 0.2) is 0 Å². The second kappa shape index (κ2) is 5.08. The standard InChI is InChI=1S/C14H21ClN2O2/c1-10-13(8-15)11(2)17(16-10)12-3-5-19-14(7-12)4-6-18-9-14/h12H,3-9H2,1-2H3. The fourth-order valence-corrected chi connectivity index (χ4v) is 3.71. The van der Waals surface area contributed by atoms with E-state index >= 15 is 0 Å². The summed E-state index contributed by atoms with van der Waals surface area (Å²) in [4.78, 5) is 0. The van der Waals surface area contributed by atoms with E-state index in [4.69, 9.17) is 26.2 Å². The van der Waals surface area contributed by atoms with Gasteiger partial charge in [-0.05, 0) is 20.3 Å². The SMILES string of the molecule is Cc1nn(C2CCOC3(CCOC3)C2)c(C)c1CCl.